The van der Waals surface area contributed by atoms with Gasteiger partial charge in [0.15, 0.2) is 7.14 Å². The first-order valence-corrected chi connectivity index (χ1v) is 19.8. The van der Waals surface area contributed by atoms with Gasteiger partial charge in [-0.05, 0) is 75.8 Å². The number of benzene rings is 7. The van der Waals surface area contributed by atoms with E-state index in [4.69, 9.17) is 0 Å². The Kier molecular flexibility index (Phi) is 7.43. The van der Waals surface area contributed by atoms with Crippen LogP contribution < -0.4 is 26.1 Å². The fourth-order valence-electron chi connectivity index (χ4n) is 8.50. The van der Waals surface area contributed by atoms with Crippen LogP contribution in [-0.2, 0) is 15.4 Å². The molecule has 0 aromatic heterocycles. The molecule has 0 fully saturated rings. The van der Waals surface area contributed by atoms with Gasteiger partial charge in [-0.2, -0.15) is 0 Å². The van der Waals surface area contributed by atoms with Gasteiger partial charge in [-0.25, -0.2) is 0 Å². The van der Waals surface area contributed by atoms with Gasteiger partial charge in [-0.15, -0.1) is 0 Å². The van der Waals surface area contributed by atoms with E-state index in [2.05, 4.69) is 147 Å². The van der Waals surface area contributed by atoms with E-state index in [-0.39, 0.29) is 10.8 Å². The molecule has 1 N–H and O–H groups in total. The van der Waals surface area contributed by atoms with Crippen molar-refractivity contribution in [3.63, 3.8) is 0 Å². The number of hydrogen-bond acceptors (Lipinski definition) is 3. The minimum absolute atomic E-state index is 0.218. The highest BCUT2D eigenvalue weighted by molar-refractivity contribution is 7.85. The van der Waals surface area contributed by atoms with Gasteiger partial charge in [0.25, 0.3) is 0 Å². The number of fused-ring (bicyclic) bond motifs is 4. The van der Waals surface area contributed by atoms with Gasteiger partial charge in [0.2, 0.25) is 0 Å². The van der Waals surface area contributed by atoms with Crippen molar-refractivity contribution in [1.82, 2.24) is 0 Å². The quantitative estimate of drug-likeness (QED) is 0.182. The first-order valence-electron chi connectivity index (χ1n) is 18.0. The van der Waals surface area contributed by atoms with Crippen molar-refractivity contribution in [3.05, 3.63) is 192 Å². The van der Waals surface area contributed by atoms with Gasteiger partial charge >= 0.3 is 0 Å². The molecule has 3 nitrogen and oxygen atoms in total. The Morgan fingerprint density at radius 1 is 0.442 bits per heavy atom. The predicted molar refractivity (Wildman–Crippen MR) is 220 cm³/mol. The maximum absolute atomic E-state index is 15.0. The van der Waals surface area contributed by atoms with Crippen molar-refractivity contribution in [3.8, 4) is 11.1 Å². The Labute approximate surface area is 307 Å². The molecule has 52 heavy (non-hydrogen) atoms. The molecule has 1 heterocycles. The third-order valence-electron chi connectivity index (χ3n) is 11.3. The molecule has 0 saturated heterocycles. The summed E-state index contributed by atoms with van der Waals surface area (Å²) in [5, 5.41) is 6.17. The van der Waals surface area contributed by atoms with Crippen molar-refractivity contribution < 1.29 is 4.57 Å². The minimum atomic E-state index is -3.04. The number of para-hydroxylation sites is 4. The van der Waals surface area contributed by atoms with E-state index in [1.807, 2.05) is 60.7 Å². The smallest absolute Gasteiger partial charge is 0.171 e. The highest BCUT2D eigenvalue weighted by Gasteiger charge is 2.42. The van der Waals surface area contributed by atoms with Crippen LogP contribution in [0.3, 0.4) is 0 Å². The first-order chi connectivity index (χ1) is 25.2. The van der Waals surface area contributed by atoms with Crippen molar-refractivity contribution in [2.24, 2.45) is 0 Å². The Bertz CT molecular complexity index is 2430. The highest BCUT2D eigenvalue weighted by Crippen LogP contribution is 2.54. The van der Waals surface area contributed by atoms with Crippen LogP contribution >= 0.6 is 7.14 Å². The number of nitrogens with zero attached hydrogens (tertiary/aromatic N) is 1. The SMILES string of the molecule is CC1(C)c2ccc(N3c4ccccc4Nc4ccccc43)cc2C(C)(C)c2ccc(-c3ccc(P(=O)(c4ccccc4)c4ccccc4)cc3)cc21. The molecular formula is C48H41N2OP. The summed E-state index contributed by atoms with van der Waals surface area (Å²) in [4.78, 5) is 2.39. The molecule has 0 spiro atoms. The van der Waals surface area contributed by atoms with E-state index >= 15 is 0 Å². The number of hydrogen-bond donors (Lipinski definition) is 1. The number of rotatable bonds is 5. The van der Waals surface area contributed by atoms with E-state index in [0.29, 0.717) is 0 Å². The first kappa shape index (κ1) is 32.3. The monoisotopic (exact) mass is 692 g/mol. The number of anilines is 5. The summed E-state index contributed by atoms with van der Waals surface area (Å²) in [6.45, 7) is 9.45. The lowest BCUT2D eigenvalue weighted by Gasteiger charge is -2.45. The second-order valence-corrected chi connectivity index (χ2v) is 17.8. The summed E-state index contributed by atoms with van der Waals surface area (Å²) in [6.07, 6.45) is 0. The maximum atomic E-state index is 15.0. The van der Waals surface area contributed by atoms with Crippen molar-refractivity contribution in [2.45, 2.75) is 38.5 Å². The lowest BCUT2D eigenvalue weighted by Crippen LogP contribution is -2.36. The molecule has 254 valence electrons. The molecule has 0 amide bonds. The predicted octanol–water partition coefficient (Wildman–Crippen LogP) is 11.5. The Hall–Kier alpha value is -5.63. The molecule has 1 aliphatic carbocycles. The van der Waals surface area contributed by atoms with Crippen molar-refractivity contribution in [1.29, 1.82) is 0 Å². The molecule has 0 bridgehead atoms. The molecule has 7 aromatic rings. The largest absolute Gasteiger partial charge is 0.352 e. The zero-order valence-corrected chi connectivity index (χ0v) is 30.9. The average Bonchev–Trinajstić information content (AvgIpc) is 3.19. The van der Waals surface area contributed by atoms with Gasteiger partial charge in [-0.1, -0.05) is 155 Å². The van der Waals surface area contributed by atoms with Crippen LogP contribution in [0.5, 0.6) is 0 Å². The van der Waals surface area contributed by atoms with Crippen molar-refractivity contribution >= 4 is 51.5 Å². The average molecular weight is 693 g/mol. The van der Waals surface area contributed by atoms with Gasteiger partial charge in [0.1, 0.15) is 0 Å². The third-order valence-corrected chi connectivity index (χ3v) is 14.4. The lowest BCUT2D eigenvalue weighted by atomic mass is 9.59. The Morgan fingerprint density at radius 2 is 0.885 bits per heavy atom. The van der Waals surface area contributed by atoms with Gasteiger partial charge in [0.05, 0.1) is 22.7 Å². The summed E-state index contributed by atoms with van der Waals surface area (Å²) >= 11 is 0. The second kappa shape index (κ2) is 12.0. The molecule has 1 aliphatic heterocycles. The topological polar surface area (TPSA) is 32.3 Å². The molecule has 0 radical (unpaired) electrons. The van der Waals surface area contributed by atoms with E-state index < -0.39 is 7.14 Å². The second-order valence-electron chi connectivity index (χ2n) is 15.1. The fourth-order valence-corrected chi connectivity index (χ4v) is 11.1. The normalized spacial score (nSPS) is 15.0. The van der Waals surface area contributed by atoms with Gasteiger partial charge < -0.3 is 14.8 Å². The van der Waals surface area contributed by atoms with Crippen LogP contribution in [-0.4, -0.2) is 0 Å². The standard InChI is InChI=1S/C48H41N2OP/c1-47(2)40-30-26-35(50-45-21-13-11-19-43(45)49-44-20-12-14-22-46(44)50)32-42(40)48(3,4)39-29-25-34(31-41(39)47)33-23-27-38(28-24-33)52(51,36-15-7-5-8-16-36)37-17-9-6-10-18-37/h5-32,49H,1-4H3. The van der Waals surface area contributed by atoms with E-state index in [0.717, 1.165) is 55.5 Å². The maximum Gasteiger partial charge on any atom is 0.171 e. The zero-order chi connectivity index (χ0) is 35.7. The van der Waals surface area contributed by atoms with Crippen LogP contribution in [0.25, 0.3) is 11.1 Å². The van der Waals surface area contributed by atoms with E-state index in [1.165, 1.54) is 22.3 Å². The van der Waals surface area contributed by atoms with Crippen LogP contribution in [0, 0.1) is 0 Å². The highest BCUT2D eigenvalue weighted by atomic mass is 31.2. The van der Waals surface area contributed by atoms with Crippen molar-refractivity contribution in [2.75, 3.05) is 10.2 Å². The molecule has 0 atom stereocenters. The molecule has 9 rings (SSSR count). The van der Waals surface area contributed by atoms with Crippen LogP contribution in [0.15, 0.2) is 170 Å². The summed E-state index contributed by atoms with van der Waals surface area (Å²) < 4.78 is 15.0. The van der Waals surface area contributed by atoms with E-state index in [1.54, 1.807) is 0 Å². The fraction of sp³-hybridized carbons (Fsp3) is 0.125. The van der Waals surface area contributed by atoms with E-state index in [9.17, 15) is 4.57 Å². The Balaban J connectivity index is 1.10. The lowest BCUT2D eigenvalue weighted by molar-refractivity contribution is 0.521. The summed E-state index contributed by atoms with van der Waals surface area (Å²) in [5.41, 5.74) is 12.9. The Morgan fingerprint density at radius 3 is 1.44 bits per heavy atom. The van der Waals surface area contributed by atoms with Gasteiger partial charge in [-0.3, -0.25) is 0 Å². The minimum Gasteiger partial charge on any atom is -0.352 e. The molecule has 0 unspecified atom stereocenters. The molecule has 0 saturated carbocycles. The summed E-state index contributed by atoms with van der Waals surface area (Å²) in [5.74, 6) is 0. The van der Waals surface area contributed by atoms with Crippen LogP contribution in [0.1, 0.15) is 49.9 Å². The summed E-state index contributed by atoms with van der Waals surface area (Å²) in [7, 11) is -3.04. The molecule has 7 aromatic carbocycles. The number of nitrogens with one attached hydrogen (secondary N) is 1. The zero-order valence-electron chi connectivity index (χ0n) is 30.0. The van der Waals surface area contributed by atoms with Crippen LogP contribution in [0.2, 0.25) is 0 Å². The molecule has 4 heteroatoms. The molecular weight excluding hydrogens is 652 g/mol. The molecule has 2 aliphatic rings. The summed E-state index contributed by atoms with van der Waals surface area (Å²) in [6, 6.07) is 59.3. The third kappa shape index (κ3) is 4.91. The van der Waals surface area contributed by atoms with Gasteiger partial charge in [0, 0.05) is 32.4 Å². The van der Waals surface area contributed by atoms with Crippen LogP contribution in [0.4, 0.5) is 28.4 Å².